The van der Waals surface area contributed by atoms with Crippen molar-refractivity contribution < 1.29 is 23.9 Å². The summed E-state index contributed by atoms with van der Waals surface area (Å²) in [5.74, 6) is -1.52. The van der Waals surface area contributed by atoms with E-state index < -0.39 is 29.6 Å². The van der Waals surface area contributed by atoms with Crippen molar-refractivity contribution in [1.82, 2.24) is 10.6 Å². The number of nitrogens with one attached hydrogen (secondary N) is 2. The largest absolute Gasteiger partial charge is 0.467 e. The van der Waals surface area contributed by atoms with Crippen LogP contribution in [0.1, 0.15) is 35.6 Å². The van der Waals surface area contributed by atoms with Gasteiger partial charge in [0.2, 0.25) is 0 Å². The predicted octanol–water partition coefficient (Wildman–Crippen LogP) is 3.47. The average molecular weight is 490 g/mol. The summed E-state index contributed by atoms with van der Waals surface area (Å²) in [5.41, 5.74) is 6.93. The van der Waals surface area contributed by atoms with E-state index in [4.69, 9.17) is 15.2 Å². The first-order valence-electron chi connectivity index (χ1n) is 11.7. The molecule has 0 aromatic heterocycles. The summed E-state index contributed by atoms with van der Waals surface area (Å²) in [6, 6.07) is 27.6. The van der Waals surface area contributed by atoms with Gasteiger partial charge in [-0.2, -0.15) is 0 Å². The standard InChI is InChI=1S/C28H31N3O5/c1-35-26(33)28(29,18-11-19-30-27(34)36-20-21-12-5-2-6-13-21)25(32)31-24(22-14-7-3-8-15-22)23-16-9-4-10-17-23/h2-10,12-17,24H,11,18-20,29H2,1H3,(H,30,34)(H,31,32)/t28-/m1/s1. The van der Waals surface area contributed by atoms with Crippen LogP contribution in [-0.2, 0) is 25.7 Å². The summed E-state index contributed by atoms with van der Waals surface area (Å²) in [5, 5.41) is 5.53. The minimum Gasteiger partial charge on any atom is -0.467 e. The molecule has 0 aliphatic rings. The summed E-state index contributed by atoms with van der Waals surface area (Å²) in [6.45, 7) is 0.302. The Morgan fingerprint density at radius 2 is 1.39 bits per heavy atom. The van der Waals surface area contributed by atoms with Crippen molar-refractivity contribution in [3.8, 4) is 0 Å². The van der Waals surface area contributed by atoms with Crippen molar-refractivity contribution in [2.45, 2.75) is 31.0 Å². The number of alkyl carbamates (subject to hydrolysis) is 1. The molecule has 8 heteroatoms. The number of ether oxygens (including phenoxy) is 2. The molecule has 0 heterocycles. The van der Waals surface area contributed by atoms with Gasteiger partial charge in [0.25, 0.3) is 5.91 Å². The highest BCUT2D eigenvalue weighted by Gasteiger charge is 2.43. The number of methoxy groups -OCH3 is 1. The Morgan fingerprint density at radius 3 is 1.92 bits per heavy atom. The van der Waals surface area contributed by atoms with Gasteiger partial charge in [0.15, 0.2) is 5.54 Å². The van der Waals surface area contributed by atoms with Crippen molar-refractivity contribution in [3.63, 3.8) is 0 Å². The molecule has 0 fully saturated rings. The van der Waals surface area contributed by atoms with Crippen molar-refractivity contribution in [1.29, 1.82) is 0 Å². The number of esters is 1. The van der Waals surface area contributed by atoms with E-state index in [0.717, 1.165) is 16.7 Å². The lowest BCUT2D eigenvalue weighted by atomic mass is 9.91. The third kappa shape index (κ3) is 7.16. The van der Waals surface area contributed by atoms with Gasteiger partial charge in [-0.15, -0.1) is 0 Å². The molecule has 0 radical (unpaired) electrons. The molecule has 8 nitrogen and oxygen atoms in total. The second kappa shape index (κ2) is 13.1. The molecule has 4 N–H and O–H groups in total. The molecule has 0 bridgehead atoms. The van der Waals surface area contributed by atoms with E-state index in [9.17, 15) is 14.4 Å². The molecule has 0 aliphatic heterocycles. The fraction of sp³-hybridized carbons (Fsp3) is 0.250. The second-order valence-electron chi connectivity index (χ2n) is 8.28. The van der Waals surface area contributed by atoms with Crippen molar-refractivity contribution in [3.05, 3.63) is 108 Å². The van der Waals surface area contributed by atoms with Gasteiger partial charge in [-0.3, -0.25) is 4.79 Å². The predicted molar refractivity (Wildman–Crippen MR) is 136 cm³/mol. The highest BCUT2D eigenvalue weighted by atomic mass is 16.5. The molecule has 0 spiro atoms. The number of amides is 2. The third-order valence-corrected chi connectivity index (χ3v) is 5.73. The molecule has 0 saturated heterocycles. The molecule has 3 aromatic carbocycles. The fourth-order valence-electron chi connectivity index (χ4n) is 3.73. The van der Waals surface area contributed by atoms with E-state index in [0.29, 0.717) is 0 Å². The molecule has 36 heavy (non-hydrogen) atoms. The maximum atomic E-state index is 13.4. The van der Waals surface area contributed by atoms with Crippen molar-refractivity contribution in [2.75, 3.05) is 13.7 Å². The molecule has 0 saturated carbocycles. The number of hydrogen-bond donors (Lipinski definition) is 3. The number of carbonyl (C=O) groups excluding carboxylic acids is 3. The van der Waals surface area contributed by atoms with Crippen LogP contribution >= 0.6 is 0 Å². The molecular formula is C28H31N3O5. The number of rotatable bonds is 11. The van der Waals surface area contributed by atoms with E-state index >= 15 is 0 Å². The third-order valence-electron chi connectivity index (χ3n) is 5.73. The van der Waals surface area contributed by atoms with Gasteiger partial charge >= 0.3 is 12.1 Å². The maximum Gasteiger partial charge on any atom is 0.407 e. The highest BCUT2D eigenvalue weighted by Crippen LogP contribution is 2.23. The van der Waals surface area contributed by atoms with Crippen LogP contribution in [0.25, 0.3) is 0 Å². The van der Waals surface area contributed by atoms with Gasteiger partial charge in [-0.1, -0.05) is 91.0 Å². The quantitative estimate of drug-likeness (QED) is 0.216. The zero-order valence-corrected chi connectivity index (χ0v) is 20.2. The molecule has 3 aromatic rings. The van der Waals surface area contributed by atoms with Gasteiger partial charge in [-0.25, -0.2) is 9.59 Å². The monoisotopic (exact) mass is 489 g/mol. The molecular weight excluding hydrogens is 458 g/mol. The van der Waals surface area contributed by atoms with E-state index in [1.165, 1.54) is 7.11 Å². The Balaban J connectivity index is 1.62. The van der Waals surface area contributed by atoms with Crippen LogP contribution in [0.2, 0.25) is 0 Å². The summed E-state index contributed by atoms with van der Waals surface area (Å²) in [7, 11) is 1.18. The van der Waals surface area contributed by atoms with Gasteiger partial charge < -0.3 is 25.8 Å². The molecule has 0 unspecified atom stereocenters. The van der Waals surface area contributed by atoms with Crippen LogP contribution in [0.3, 0.4) is 0 Å². The van der Waals surface area contributed by atoms with Gasteiger partial charge in [0, 0.05) is 6.54 Å². The van der Waals surface area contributed by atoms with Gasteiger partial charge in [0.1, 0.15) is 6.61 Å². The van der Waals surface area contributed by atoms with Gasteiger partial charge in [0.05, 0.1) is 13.2 Å². The summed E-state index contributed by atoms with van der Waals surface area (Å²) in [4.78, 5) is 37.9. The normalized spacial score (nSPS) is 12.3. The Bertz CT molecular complexity index is 1090. The average Bonchev–Trinajstić information content (AvgIpc) is 2.93. The van der Waals surface area contributed by atoms with Crippen LogP contribution in [0, 0.1) is 0 Å². The number of benzene rings is 3. The minimum absolute atomic E-state index is 0.0409. The van der Waals surface area contributed by atoms with Crippen LogP contribution in [0.15, 0.2) is 91.0 Å². The second-order valence-corrected chi connectivity index (χ2v) is 8.28. The lowest BCUT2D eigenvalue weighted by molar-refractivity contribution is -0.152. The number of carbonyl (C=O) groups is 3. The van der Waals surface area contributed by atoms with E-state index in [1.807, 2.05) is 91.0 Å². The van der Waals surface area contributed by atoms with Crippen LogP contribution in [0.4, 0.5) is 4.79 Å². The van der Waals surface area contributed by atoms with E-state index in [2.05, 4.69) is 10.6 Å². The first kappa shape index (κ1) is 26.4. The lowest BCUT2D eigenvalue weighted by Crippen LogP contribution is -2.60. The zero-order chi connectivity index (χ0) is 25.8. The fourth-order valence-corrected chi connectivity index (χ4v) is 3.73. The molecule has 2 amide bonds. The summed E-state index contributed by atoms with van der Waals surface area (Å²) < 4.78 is 10.0. The van der Waals surface area contributed by atoms with Crippen molar-refractivity contribution in [2.24, 2.45) is 5.73 Å². The highest BCUT2D eigenvalue weighted by molar-refractivity contribution is 6.07. The maximum absolute atomic E-state index is 13.4. The van der Waals surface area contributed by atoms with E-state index in [-0.39, 0.29) is 26.0 Å². The first-order chi connectivity index (χ1) is 17.4. The molecule has 1 atom stereocenters. The Morgan fingerprint density at radius 1 is 0.861 bits per heavy atom. The smallest absolute Gasteiger partial charge is 0.407 e. The Hall–Kier alpha value is -4.17. The van der Waals surface area contributed by atoms with Crippen LogP contribution in [-0.4, -0.2) is 37.2 Å². The Kier molecular flexibility index (Phi) is 9.59. The topological polar surface area (TPSA) is 120 Å². The Labute approximate surface area is 210 Å². The lowest BCUT2D eigenvalue weighted by Gasteiger charge is -2.29. The first-order valence-corrected chi connectivity index (χ1v) is 11.7. The minimum atomic E-state index is -1.94. The van der Waals surface area contributed by atoms with E-state index in [1.54, 1.807) is 0 Å². The number of hydrogen-bond acceptors (Lipinski definition) is 6. The molecule has 0 aliphatic carbocycles. The summed E-state index contributed by atoms with van der Waals surface area (Å²) >= 11 is 0. The van der Waals surface area contributed by atoms with Crippen LogP contribution < -0.4 is 16.4 Å². The van der Waals surface area contributed by atoms with Crippen LogP contribution in [0.5, 0.6) is 0 Å². The molecule has 3 rings (SSSR count). The van der Waals surface area contributed by atoms with Crippen molar-refractivity contribution >= 4 is 18.0 Å². The molecule has 188 valence electrons. The number of nitrogens with two attached hydrogens (primary N) is 1. The zero-order valence-electron chi connectivity index (χ0n) is 20.2. The van der Waals surface area contributed by atoms with Gasteiger partial charge in [-0.05, 0) is 29.5 Å². The summed E-state index contributed by atoms with van der Waals surface area (Å²) in [6.07, 6.45) is -0.390. The SMILES string of the molecule is COC(=O)[C@@](N)(CCCNC(=O)OCc1ccccc1)C(=O)NC(c1ccccc1)c1ccccc1.